The highest BCUT2D eigenvalue weighted by molar-refractivity contribution is 5.23. The third-order valence-corrected chi connectivity index (χ3v) is 3.97. The van der Waals surface area contributed by atoms with E-state index in [1.165, 1.54) is 0 Å². The van der Waals surface area contributed by atoms with Gasteiger partial charge in [0.15, 0.2) is 0 Å². The number of nitrogens with zero attached hydrogens (tertiary/aromatic N) is 1. The summed E-state index contributed by atoms with van der Waals surface area (Å²) in [6, 6.07) is 10.2. The molecule has 0 aromatic heterocycles. The molecule has 1 unspecified atom stereocenters. The Balaban J connectivity index is 2.05. The van der Waals surface area contributed by atoms with Crippen LogP contribution in [0.25, 0.3) is 0 Å². The maximum Gasteiger partial charge on any atom is 0.114 e. The Morgan fingerprint density at radius 3 is 2.53 bits per heavy atom. The number of nitrogens with two attached hydrogens (primary N) is 1. The lowest BCUT2D eigenvalue weighted by atomic mass is 9.92. The molecule has 3 N–H and O–H groups in total. The molecule has 1 heterocycles. The number of hydrogen-bond donors (Lipinski definition) is 2. The van der Waals surface area contributed by atoms with E-state index in [2.05, 4.69) is 11.9 Å². The second kappa shape index (κ2) is 6.48. The Bertz CT molecular complexity index is 379. The monoisotopic (exact) mass is 264 g/mol. The summed E-state index contributed by atoms with van der Waals surface area (Å²) in [6.45, 7) is 2.39. The molecule has 4 nitrogen and oxygen atoms in total. The van der Waals surface area contributed by atoms with Crippen LogP contribution in [0.1, 0.15) is 18.4 Å². The van der Waals surface area contributed by atoms with Crippen LogP contribution in [-0.4, -0.2) is 49.4 Å². The first-order valence-electron chi connectivity index (χ1n) is 6.92. The van der Waals surface area contributed by atoms with Crippen LogP contribution in [0.3, 0.4) is 0 Å². The number of likely N-dealkylation sites (N-methyl/N-ethyl adjacent to an activating group) is 1. The molecule has 106 valence electrons. The Kier molecular flexibility index (Phi) is 4.93. The van der Waals surface area contributed by atoms with E-state index >= 15 is 0 Å². The topological polar surface area (TPSA) is 58.7 Å². The second-order valence-corrected chi connectivity index (χ2v) is 5.36. The first-order valence-corrected chi connectivity index (χ1v) is 6.92. The molecule has 19 heavy (non-hydrogen) atoms. The maximum absolute atomic E-state index is 10.8. The Morgan fingerprint density at radius 1 is 1.32 bits per heavy atom. The summed E-state index contributed by atoms with van der Waals surface area (Å²) in [5.74, 6) is 0. The molecule has 0 spiro atoms. The fourth-order valence-corrected chi connectivity index (χ4v) is 2.69. The number of hydrogen-bond acceptors (Lipinski definition) is 4. The maximum atomic E-state index is 10.8. The van der Waals surface area contributed by atoms with Crippen molar-refractivity contribution in [2.24, 2.45) is 5.73 Å². The van der Waals surface area contributed by atoms with Gasteiger partial charge in [0.25, 0.3) is 0 Å². The van der Waals surface area contributed by atoms with Crippen molar-refractivity contribution in [2.75, 3.05) is 33.4 Å². The molecular weight excluding hydrogens is 240 g/mol. The predicted molar refractivity (Wildman–Crippen MR) is 75.9 cm³/mol. The summed E-state index contributed by atoms with van der Waals surface area (Å²) in [7, 11) is 2.06. The Labute approximate surface area is 115 Å². The lowest BCUT2D eigenvalue weighted by Gasteiger charge is -2.37. The van der Waals surface area contributed by atoms with Gasteiger partial charge in [0.1, 0.15) is 5.60 Å². The molecule has 1 aromatic rings. The Hall–Kier alpha value is -0.940. The van der Waals surface area contributed by atoms with Crippen LogP contribution in [0.15, 0.2) is 30.3 Å². The molecule has 1 fully saturated rings. The smallest absolute Gasteiger partial charge is 0.114 e. The van der Waals surface area contributed by atoms with Gasteiger partial charge in [-0.1, -0.05) is 30.3 Å². The molecule has 1 aliphatic rings. The van der Waals surface area contributed by atoms with E-state index in [9.17, 15) is 5.11 Å². The average Bonchev–Trinajstić information content (AvgIpc) is 2.49. The van der Waals surface area contributed by atoms with E-state index in [0.29, 0.717) is 12.6 Å². The van der Waals surface area contributed by atoms with Crippen molar-refractivity contribution in [3.63, 3.8) is 0 Å². The molecule has 1 atom stereocenters. The zero-order valence-corrected chi connectivity index (χ0v) is 11.6. The Morgan fingerprint density at radius 2 is 1.95 bits per heavy atom. The van der Waals surface area contributed by atoms with Gasteiger partial charge in [0.05, 0.1) is 0 Å². The summed E-state index contributed by atoms with van der Waals surface area (Å²) in [6.07, 6.45) is 2.04. The van der Waals surface area contributed by atoms with Crippen LogP contribution in [0.5, 0.6) is 0 Å². The van der Waals surface area contributed by atoms with E-state index in [1.807, 2.05) is 30.3 Å². The first-order chi connectivity index (χ1) is 9.15. The van der Waals surface area contributed by atoms with Crippen molar-refractivity contribution in [2.45, 2.75) is 24.5 Å². The normalized spacial score (nSPS) is 20.4. The van der Waals surface area contributed by atoms with E-state index in [4.69, 9.17) is 10.5 Å². The third-order valence-electron chi connectivity index (χ3n) is 3.97. The fourth-order valence-electron chi connectivity index (χ4n) is 2.69. The van der Waals surface area contributed by atoms with Crippen LogP contribution in [-0.2, 0) is 10.3 Å². The molecule has 0 bridgehead atoms. The SMILES string of the molecule is CN(CC(O)(CN)c1ccccc1)C1CCOCC1. The van der Waals surface area contributed by atoms with Gasteiger partial charge in [-0.3, -0.25) is 4.90 Å². The molecule has 1 aliphatic heterocycles. The summed E-state index contributed by atoms with van der Waals surface area (Å²) in [5, 5.41) is 10.8. The third kappa shape index (κ3) is 3.54. The molecule has 2 rings (SSSR count). The number of benzene rings is 1. The van der Waals surface area contributed by atoms with Gasteiger partial charge >= 0.3 is 0 Å². The van der Waals surface area contributed by atoms with Crippen LogP contribution in [0, 0.1) is 0 Å². The van der Waals surface area contributed by atoms with Gasteiger partial charge in [-0.2, -0.15) is 0 Å². The molecule has 0 radical (unpaired) electrons. The van der Waals surface area contributed by atoms with E-state index in [-0.39, 0.29) is 6.54 Å². The van der Waals surface area contributed by atoms with Crippen LogP contribution in [0.4, 0.5) is 0 Å². The minimum Gasteiger partial charge on any atom is -0.382 e. The van der Waals surface area contributed by atoms with E-state index in [0.717, 1.165) is 31.6 Å². The molecule has 0 amide bonds. The molecular formula is C15H24N2O2. The van der Waals surface area contributed by atoms with Crippen molar-refractivity contribution in [1.82, 2.24) is 4.90 Å². The van der Waals surface area contributed by atoms with Gasteiger partial charge in [-0.25, -0.2) is 0 Å². The lowest BCUT2D eigenvalue weighted by Crippen LogP contribution is -2.49. The summed E-state index contributed by atoms with van der Waals surface area (Å²) in [4.78, 5) is 2.21. The predicted octanol–water partition coefficient (Wildman–Crippen LogP) is 0.944. The zero-order valence-electron chi connectivity index (χ0n) is 11.6. The fraction of sp³-hybridized carbons (Fsp3) is 0.600. The highest BCUT2D eigenvalue weighted by Gasteiger charge is 2.31. The molecule has 1 aromatic carbocycles. The molecule has 0 aliphatic carbocycles. The standard InChI is InChI=1S/C15H24N2O2/c1-17(14-7-9-19-10-8-14)12-15(18,11-16)13-5-3-2-4-6-13/h2-6,14,18H,7-12,16H2,1H3. The number of rotatable bonds is 5. The lowest BCUT2D eigenvalue weighted by molar-refractivity contribution is -0.0200. The molecule has 1 saturated heterocycles. The van der Waals surface area contributed by atoms with Crippen molar-refractivity contribution >= 4 is 0 Å². The number of aliphatic hydroxyl groups is 1. The van der Waals surface area contributed by atoms with Gasteiger partial charge in [0.2, 0.25) is 0 Å². The van der Waals surface area contributed by atoms with Crippen molar-refractivity contribution in [3.8, 4) is 0 Å². The minimum atomic E-state index is -0.978. The number of ether oxygens (including phenoxy) is 1. The quantitative estimate of drug-likeness (QED) is 0.831. The summed E-state index contributed by atoms with van der Waals surface area (Å²) in [5.41, 5.74) is 5.72. The van der Waals surface area contributed by atoms with Gasteiger partial charge in [-0.05, 0) is 25.5 Å². The summed E-state index contributed by atoms with van der Waals surface area (Å²) < 4.78 is 5.38. The molecule has 4 heteroatoms. The minimum absolute atomic E-state index is 0.227. The molecule has 0 saturated carbocycles. The van der Waals surface area contributed by atoms with Crippen molar-refractivity contribution in [1.29, 1.82) is 0 Å². The van der Waals surface area contributed by atoms with Gasteiger partial charge in [0, 0.05) is 32.3 Å². The average molecular weight is 264 g/mol. The van der Waals surface area contributed by atoms with Crippen molar-refractivity contribution in [3.05, 3.63) is 35.9 Å². The highest BCUT2D eigenvalue weighted by Crippen LogP contribution is 2.23. The van der Waals surface area contributed by atoms with E-state index < -0.39 is 5.60 Å². The van der Waals surface area contributed by atoms with Crippen LogP contribution in [0.2, 0.25) is 0 Å². The largest absolute Gasteiger partial charge is 0.382 e. The van der Waals surface area contributed by atoms with E-state index in [1.54, 1.807) is 0 Å². The van der Waals surface area contributed by atoms with Gasteiger partial charge < -0.3 is 15.6 Å². The second-order valence-electron chi connectivity index (χ2n) is 5.36. The van der Waals surface area contributed by atoms with Crippen molar-refractivity contribution < 1.29 is 9.84 Å². The van der Waals surface area contributed by atoms with Crippen LogP contribution >= 0.6 is 0 Å². The summed E-state index contributed by atoms with van der Waals surface area (Å²) >= 11 is 0. The van der Waals surface area contributed by atoms with Gasteiger partial charge in [-0.15, -0.1) is 0 Å². The van der Waals surface area contributed by atoms with Crippen LogP contribution < -0.4 is 5.73 Å². The first kappa shape index (κ1) is 14.5. The zero-order chi connectivity index (χ0) is 13.7. The highest BCUT2D eigenvalue weighted by atomic mass is 16.5.